The summed E-state index contributed by atoms with van der Waals surface area (Å²) in [4.78, 5) is 35.6. The lowest BCUT2D eigenvalue weighted by Gasteiger charge is -2.08. The van der Waals surface area contributed by atoms with Crippen LogP contribution in [0, 0.1) is 6.92 Å². The van der Waals surface area contributed by atoms with E-state index in [1.165, 1.54) is 4.68 Å². The first-order chi connectivity index (χ1) is 14.0. The molecule has 0 aliphatic heterocycles. The zero-order chi connectivity index (χ0) is 20.6. The number of para-hydroxylation sites is 1. The van der Waals surface area contributed by atoms with Crippen molar-refractivity contribution in [3.05, 3.63) is 60.2 Å². The Kier molecular flexibility index (Phi) is 6.53. The molecule has 1 heterocycles. The fourth-order valence-corrected chi connectivity index (χ4v) is 2.87. The molecule has 11 heteroatoms. The maximum atomic E-state index is 12.0. The van der Waals surface area contributed by atoms with E-state index in [2.05, 4.69) is 31.7 Å². The Labute approximate surface area is 170 Å². The molecule has 1 aromatic heterocycles. The second-order valence-electron chi connectivity index (χ2n) is 5.82. The van der Waals surface area contributed by atoms with Gasteiger partial charge in [-0.15, -0.1) is 5.10 Å². The van der Waals surface area contributed by atoms with Gasteiger partial charge in [0.05, 0.1) is 11.4 Å². The van der Waals surface area contributed by atoms with Gasteiger partial charge in [-0.2, -0.15) is 4.68 Å². The first kappa shape index (κ1) is 20.0. The quantitative estimate of drug-likeness (QED) is 0.322. The zero-order valence-corrected chi connectivity index (χ0v) is 16.1. The van der Waals surface area contributed by atoms with E-state index in [9.17, 15) is 14.4 Å². The molecule has 3 rings (SSSR count). The summed E-state index contributed by atoms with van der Waals surface area (Å²) in [5, 5.41) is 14.2. The summed E-state index contributed by atoms with van der Waals surface area (Å²) in [5.74, 6) is -2.46. The van der Waals surface area contributed by atoms with Gasteiger partial charge in [0.25, 0.3) is 0 Å². The zero-order valence-electron chi connectivity index (χ0n) is 15.3. The molecule has 0 radical (unpaired) electrons. The summed E-state index contributed by atoms with van der Waals surface area (Å²) in [6, 6.07) is 16.2. The van der Waals surface area contributed by atoms with Gasteiger partial charge in [-0.3, -0.25) is 25.2 Å². The average Bonchev–Trinajstić information content (AvgIpc) is 3.21. The third-order valence-corrected chi connectivity index (χ3v) is 4.52. The number of carbonyl (C=O) groups is 3. The lowest BCUT2D eigenvalue weighted by Crippen LogP contribution is -2.47. The minimum atomic E-state index is -0.988. The van der Waals surface area contributed by atoms with Gasteiger partial charge in [-0.25, -0.2) is 0 Å². The second kappa shape index (κ2) is 9.46. The number of hydrogen-bond donors (Lipinski definition) is 3. The highest BCUT2D eigenvalue weighted by Crippen LogP contribution is 2.17. The summed E-state index contributed by atoms with van der Waals surface area (Å²) in [7, 11) is 0. The van der Waals surface area contributed by atoms with Crippen LogP contribution in [0.3, 0.4) is 0 Å². The smallest absolute Gasteiger partial charge is 0.318 e. The van der Waals surface area contributed by atoms with Crippen LogP contribution >= 0.6 is 11.8 Å². The van der Waals surface area contributed by atoms with Crippen molar-refractivity contribution in [2.24, 2.45) is 0 Å². The highest BCUT2D eigenvalue weighted by molar-refractivity contribution is 7.99. The van der Waals surface area contributed by atoms with Gasteiger partial charge in [0.1, 0.15) is 0 Å². The van der Waals surface area contributed by atoms with Crippen LogP contribution in [0.2, 0.25) is 0 Å². The lowest BCUT2D eigenvalue weighted by molar-refractivity contribution is -0.138. The molecule has 0 saturated carbocycles. The van der Waals surface area contributed by atoms with E-state index >= 15 is 0 Å². The molecule has 0 spiro atoms. The molecule has 3 amide bonds. The van der Waals surface area contributed by atoms with Crippen LogP contribution < -0.4 is 16.2 Å². The Morgan fingerprint density at radius 1 is 0.966 bits per heavy atom. The van der Waals surface area contributed by atoms with E-state index in [4.69, 9.17) is 0 Å². The maximum Gasteiger partial charge on any atom is 0.328 e. The van der Waals surface area contributed by atoms with E-state index in [1.54, 1.807) is 24.3 Å². The summed E-state index contributed by atoms with van der Waals surface area (Å²) in [6.07, 6.45) is 0. The number of amides is 3. The van der Waals surface area contributed by atoms with Crippen molar-refractivity contribution in [1.82, 2.24) is 31.1 Å². The van der Waals surface area contributed by atoms with Crippen LogP contribution in [0.25, 0.3) is 5.69 Å². The molecule has 3 N–H and O–H groups in total. The minimum Gasteiger partial charge on any atom is -0.318 e. The van der Waals surface area contributed by atoms with Gasteiger partial charge >= 0.3 is 11.8 Å². The van der Waals surface area contributed by atoms with Crippen molar-refractivity contribution in [3.63, 3.8) is 0 Å². The van der Waals surface area contributed by atoms with Gasteiger partial charge < -0.3 is 5.32 Å². The number of hydrogen-bond acceptors (Lipinski definition) is 7. The number of thioether (sulfide) groups is 1. The van der Waals surface area contributed by atoms with Gasteiger partial charge in [0.2, 0.25) is 11.1 Å². The van der Waals surface area contributed by atoms with Gasteiger partial charge in [-0.1, -0.05) is 47.7 Å². The van der Waals surface area contributed by atoms with Crippen LogP contribution in [0.5, 0.6) is 0 Å². The van der Waals surface area contributed by atoms with Gasteiger partial charge in [-0.05, 0) is 41.6 Å². The van der Waals surface area contributed by atoms with Crippen molar-refractivity contribution >= 4 is 35.2 Å². The van der Waals surface area contributed by atoms with Gasteiger partial charge in [0.15, 0.2) is 0 Å². The Balaban J connectivity index is 1.45. The van der Waals surface area contributed by atoms with Crippen LogP contribution in [-0.4, -0.2) is 43.7 Å². The van der Waals surface area contributed by atoms with E-state index in [0.717, 1.165) is 23.0 Å². The largest absolute Gasteiger partial charge is 0.328 e. The Hall–Kier alpha value is -3.73. The Morgan fingerprint density at radius 3 is 2.41 bits per heavy atom. The molecule has 3 aromatic rings. The van der Waals surface area contributed by atoms with Crippen LogP contribution in [0.4, 0.5) is 5.69 Å². The normalized spacial score (nSPS) is 10.2. The van der Waals surface area contributed by atoms with Crippen molar-refractivity contribution < 1.29 is 14.4 Å². The molecule has 0 aliphatic rings. The number of nitrogens with one attached hydrogen (secondary N) is 3. The molecule has 2 aromatic carbocycles. The number of aromatic nitrogens is 4. The topological polar surface area (TPSA) is 131 Å². The molecule has 0 aliphatic carbocycles. The predicted octanol–water partition coefficient (Wildman–Crippen LogP) is 0.849. The molecule has 10 nitrogen and oxygen atoms in total. The highest BCUT2D eigenvalue weighted by atomic mass is 32.2. The number of aryl methyl sites for hydroxylation is 1. The molecule has 148 valence electrons. The van der Waals surface area contributed by atoms with Crippen LogP contribution in [-0.2, 0) is 14.4 Å². The number of carbonyl (C=O) groups excluding carboxylic acids is 3. The maximum absolute atomic E-state index is 12.0. The number of benzene rings is 2. The Bertz CT molecular complexity index is 1010. The van der Waals surface area contributed by atoms with Crippen molar-refractivity contribution in [3.8, 4) is 5.69 Å². The number of hydrazine groups is 1. The molecule has 29 heavy (non-hydrogen) atoms. The third kappa shape index (κ3) is 5.62. The molecule has 0 saturated heterocycles. The number of nitrogens with zero attached hydrogens (tertiary/aromatic N) is 4. The Morgan fingerprint density at radius 2 is 1.69 bits per heavy atom. The molecule has 0 atom stereocenters. The lowest BCUT2D eigenvalue weighted by atomic mass is 10.2. The standard InChI is InChI=1S/C18H17N7O3S/c1-12-7-9-13(10-8-12)19-16(27)17(28)21-20-15(26)11-29-18-22-23-24-25(18)14-5-3-2-4-6-14/h2-10H,11H2,1H3,(H,19,27)(H,20,26)(H,21,28). The summed E-state index contributed by atoms with van der Waals surface area (Å²) < 4.78 is 1.49. The minimum absolute atomic E-state index is 0.0624. The predicted molar refractivity (Wildman–Crippen MR) is 106 cm³/mol. The number of anilines is 1. The molecular formula is C18H17N7O3S. The summed E-state index contributed by atoms with van der Waals surface area (Å²) in [5.41, 5.74) is 6.50. The van der Waals surface area contributed by atoms with E-state index in [-0.39, 0.29) is 5.75 Å². The van der Waals surface area contributed by atoms with Crippen molar-refractivity contribution in [1.29, 1.82) is 0 Å². The SMILES string of the molecule is Cc1ccc(NC(=O)C(=O)NNC(=O)CSc2nnnn2-c2ccccc2)cc1. The number of rotatable bonds is 5. The first-order valence-electron chi connectivity index (χ1n) is 8.46. The molecular weight excluding hydrogens is 394 g/mol. The van der Waals surface area contributed by atoms with E-state index < -0.39 is 17.7 Å². The fourth-order valence-electron chi connectivity index (χ4n) is 2.17. The van der Waals surface area contributed by atoms with E-state index in [0.29, 0.717) is 10.8 Å². The fraction of sp³-hybridized carbons (Fsp3) is 0.111. The van der Waals surface area contributed by atoms with Crippen molar-refractivity contribution in [2.45, 2.75) is 12.1 Å². The van der Waals surface area contributed by atoms with Crippen LogP contribution in [0.15, 0.2) is 59.8 Å². The average molecular weight is 411 g/mol. The highest BCUT2D eigenvalue weighted by Gasteiger charge is 2.16. The van der Waals surface area contributed by atoms with E-state index in [1.807, 2.05) is 37.3 Å². The number of tetrazole rings is 1. The first-order valence-corrected chi connectivity index (χ1v) is 9.45. The third-order valence-electron chi connectivity index (χ3n) is 3.61. The van der Waals surface area contributed by atoms with Crippen LogP contribution in [0.1, 0.15) is 5.56 Å². The summed E-state index contributed by atoms with van der Waals surface area (Å²) >= 11 is 1.08. The monoisotopic (exact) mass is 411 g/mol. The van der Waals surface area contributed by atoms with Crippen molar-refractivity contribution in [2.75, 3.05) is 11.1 Å². The molecule has 0 fully saturated rings. The van der Waals surface area contributed by atoms with Gasteiger partial charge in [0, 0.05) is 5.69 Å². The molecule has 0 bridgehead atoms. The summed E-state index contributed by atoms with van der Waals surface area (Å²) in [6.45, 7) is 1.91. The second-order valence-corrected chi connectivity index (χ2v) is 6.76. The molecule has 0 unspecified atom stereocenters.